The van der Waals surface area contributed by atoms with E-state index in [4.69, 9.17) is 15.5 Å². The number of nitrogens with zero attached hydrogens (tertiary/aromatic N) is 5. The second-order valence-corrected chi connectivity index (χ2v) is 9.47. The minimum absolute atomic E-state index is 0.0147. The average molecular weight is 477 g/mol. The number of carbonyl (C=O) groups excluding carboxylic acids is 2. The van der Waals surface area contributed by atoms with E-state index in [2.05, 4.69) is 5.10 Å². The molecule has 0 spiro atoms. The van der Waals surface area contributed by atoms with Crippen molar-refractivity contribution in [3.05, 3.63) is 52.9 Å². The van der Waals surface area contributed by atoms with Crippen LogP contribution in [0.1, 0.15) is 42.9 Å². The van der Waals surface area contributed by atoms with Gasteiger partial charge in [0.1, 0.15) is 0 Å². The van der Waals surface area contributed by atoms with Gasteiger partial charge in [0, 0.05) is 75.4 Å². The zero-order valence-electron chi connectivity index (χ0n) is 20.4. The number of hydrogen-bond donors (Lipinski definition) is 1. The fourth-order valence-electron chi connectivity index (χ4n) is 5.13. The number of likely N-dealkylation sites (tertiary alicyclic amines) is 1. The molecule has 184 valence electrons. The van der Waals surface area contributed by atoms with Crippen LogP contribution in [0.5, 0.6) is 0 Å². The van der Waals surface area contributed by atoms with Gasteiger partial charge in [0.25, 0.3) is 0 Å². The van der Waals surface area contributed by atoms with Crippen LogP contribution in [0.2, 0.25) is 0 Å². The van der Waals surface area contributed by atoms with Gasteiger partial charge in [0.15, 0.2) is 0 Å². The molecule has 0 saturated carbocycles. The molecule has 2 saturated heterocycles. The molecule has 3 aliphatic heterocycles. The molecule has 35 heavy (non-hydrogen) atoms. The number of aryl methyl sites for hydroxylation is 1. The number of aliphatic imine (C=N–C) groups is 1. The lowest BCUT2D eigenvalue weighted by molar-refractivity contribution is -0.128. The van der Waals surface area contributed by atoms with Crippen molar-refractivity contribution >= 4 is 28.9 Å². The second-order valence-electron chi connectivity index (χ2n) is 9.47. The van der Waals surface area contributed by atoms with Crippen LogP contribution < -0.4 is 10.6 Å². The van der Waals surface area contributed by atoms with Crippen molar-refractivity contribution in [2.24, 2.45) is 17.8 Å². The van der Waals surface area contributed by atoms with Crippen molar-refractivity contribution < 1.29 is 14.3 Å². The van der Waals surface area contributed by atoms with Gasteiger partial charge in [-0.2, -0.15) is 5.10 Å². The molecule has 0 unspecified atom stereocenters. The van der Waals surface area contributed by atoms with Crippen LogP contribution in [0.15, 0.2) is 41.2 Å². The summed E-state index contributed by atoms with van der Waals surface area (Å²) >= 11 is 0. The number of amides is 2. The minimum Gasteiger partial charge on any atom is -0.398 e. The molecule has 0 radical (unpaired) electrons. The van der Waals surface area contributed by atoms with Gasteiger partial charge in [-0.25, -0.2) is 0 Å². The predicted octanol–water partition coefficient (Wildman–Crippen LogP) is 2.05. The number of nitrogens with two attached hydrogens (primary N) is 1. The summed E-state index contributed by atoms with van der Waals surface area (Å²) in [5, 5.41) is 4.21. The molecule has 3 aliphatic rings. The Morgan fingerprint density at radius 3 is 2.74 bits per heavy atom. The quantitative estimate of drug-likeness (QED) is 0.730. The largest absolute Gasteiger partial charge is 0.398 e. The van der Waals surface area contributed by atoms with E-state index < -0.39 is 0 Å². The summed E-state index contributed by atoms with van der Waals surface area (Å²) in [5.41, 5.74) is 13.0. The van der Waals surface area contributed by atoms with Crippen LogP contribution >= 0.6 is 0 Å². The molecule has 2 N–H and O–H groups in total. The van der Waals surface area contributed by atoms with Gasteiger partial charge in [0.05, 0.1) is 30.9 Å². The van der Waals surface area contributed by atoms with E-state index >= 15 is 0 Å². The topological polar surface area (TPSA) is 106 Å². The Hall–Kier alpha value is -3.46. The standard InChI is InChI=1S/C26H32N6O3/c1-17(33)31-9-6-24(29-19-7-10-35-11-8-19)23(16-31)26(27)21-5-3-4-18-14-32(25(34)12-22(18)21)20-13-28-30(2)15-20/h3-5,13,15,19H,6-12,14,16,27H2,1-2H3. The van der Waals surface area contributed by atoms with Gasteiger partial charge < -0.3 is 20.3 Å². The highest BCUT2D eigenvalue weighted by Gasteiger charge is 2.30. The summed E-state index contributed by atoms with van der Waals surface area (Å²) < 4.78 is 7.19. The lowest BCUT2D eigenvalue weighted by atomic mass is 9.89. The Balaban J connectivity index is 1.52. The highest BCUT2D eigenvalue weighted by molar-refractivity contribution is 6.08. The number of rotatable bonds is 3. The molecular formula is C26H32N6O3. The van der Waals surface area contributed by atoms with Crippen LogP contribution in [0.25, 0.3) is 5.70 Å². The molecule has 2 amide bonds. The molecular weight excluding hydrogens is 444 g/mol. The van der Waals surface area contributed by atoms with Crippen molar-refractivity contribution in [1.29, 1.82) is 0 Å². The molecule has 4 heterocycles. The first-order valence-corrected chi connectivity index (χ1v) is 12.2. The third kappa shape index (κ3) is 4.73. The number of piperidine rings is 1. The molecule has 0 bridgehead atoms. The highest BCUT2D eigenvalue weighted by atomic mass is 16.5. The smallest absolute Gasteiger partial charge is 0.231 e. The molecule has 5 rings (SSSR count). The van der Waals surface area contributed by atoms with Crippen molar-refractivity contribution in [1.82, 2.24) is 14.7 Å². The number of anilines is 1. The van der Waals surface area contributed by atoms with Gasteiger partial charge >= 0.3 is 0 Å². The Labute approximate surface area is 205 Å². The maximum atomic E-state index is 13.1. The molecule has 2 aromatic rings. The molecule has 2 fully saturated rings. The maximum absolute atomic E-state index is 13.1. The number of ether oxygens (including phenoxy) is 1. The summed E-state index contributed by atoms with van der Waals surface area (Å²) in [5.74, 6) is 0.0404. The van der Waals surface area contributed by atoms with Gasteiger partial charge in [-0.1, -0.05) is 18.2 Å². The fraction of sp³-hybridized carbons (Fsp3) is 0.462. The Morgan fingerprint density at radius 2 is 2.03 bits per heavy atom. The second kappa shape index (κ2) is 9.65. The Morgan fingerprint density at radius 1 is 1.23 bits per heavy atom. The van der Waals surface area contributed by atoms with E-state index in [1.54, 1.807) is 22.7 Å². The molecule has 1 aromatic heterocycles. The van der Waals surface area contributed by atoms with Gasteiger partial charge in [-0.15, -0.1) is 0 Å². The number of carbonyl (C=O) groups is 2. The normalized spacial score (nSPS) is 21.9. The van der Waals surface area contributed by atoms with E-state index in [1.807, 2.05) is 36.3 Å². The monoisotopic (exact) mass is 476 g/mol. The number of aromatic nitrogens is 2. The molecule has 0 aliphatic carbocycles. The highest BCUT2D eigenvalue weighted by Crippen LogP contribution is 2.31. The van der Waals surface area contributed by atoms with Crippen LogP contribution in [0.4, 0.5) is 5.69 Å². The molecule has 1 aromatic carbocycles. The van der Waals surface area contributed by atoms with E-state index in [9.17, 15) is 9.59 Å². The average Bonchev–Trinajstić information content (AvgIpc) is 3.29. The van der Waals surface area contributed by atoms with Crippen LogP contribution in [-0.2, 0) is 34.3 Å². The van der Waals surface area contributed by atoms with Crippen molar-refractivity contribution in [3.63, 3.8) is 0 Å². The summed E-state index contributed by atoms with van der Waals surface area (Å²) in [6.07, 6.45) is 6.28. The van der Waals surface area contributed by atoms with Crippen molar-refractivity contribution in [2.45, 2.75) is 45.2 Å². The van der Waals surface area contributed by atoms with Gasteiger partial charge in [-0.05, 0) is 24.0 Å². The lowest BCUT2D eigenvalue weighted by Gasteiger charge is -2.33. The van der Waals surface area contributed by atoms with Gasteiger partial charge in [-0.3, -0.25) is 19.3 Å². The third-order valence-corrected chi connectivity index (χ3v) is 7.14. The molecule has 9 heteroatoms. The van der Waals surface area contributed by atoms with E-state index in [0.29, 0.717) is 31.8 Å². The SMILES string of the molecule is CC(=O)N1CCC(=NC2CCOCC2)C(=C(N)c2cccc3c2CC(=O)N(c2cnn(C)c2)C3)C1. The first kappa shape index (κ1) is 23.3. The first-order chi connectivity index (χ1) is 16.9. The van der Waals surface area contributed by atoms with Crippen LogP contribution in [0, 0.1) is 0 Å². The number of fused-ring (bicyclic) bond motifs is 1. The first-order valence-electron chi connectivity index (χ1n) is 12.2. The zero-order chi connectivity index (χ0) is 24.5. The van der Waals surface area contributed by atoms with E-state index in [-0.39, 0.29) is 24.3 Å². The number of hydrogen-bond acceptors (Lipinski definition) is 6. The fourth-order valence-corrected chi connectivity index (χ4v) is 5.13. The van der Waals surface area contributed by atoms with Crippen molar-refractivity contribution in [2.75, 3.05) is 31.2 Å². The summed E-state index contributed by atoms with van der Waals surface area (Å²) in [7, 11) is 1.84. The number of benzene rings is 1. The maximum Gasteiger partial charge on any atom is 0.231 e. The zero-order valence-corrected chi connectivity index (χ0v) is 20.4. The summed E-state index contributed by atoms with van der Waals surface area (Å²) in [4.78, 5) is 34.0. The molecule has 9 nitrogen and oxygen atoms in total. The van der Waals surface area contributed by atoms with E-state index in [0.717, 1.165) is 59.7 Å². The minimum atomic E-state index is 0.0147. The Bertz CT molecular complexity index is 1210. The summed E-state index contributed by atoms with van der Waals surface area (Å²) in [6, 6.07) is 6.23. The van der Waals surface area contributed by atoms with Crippen LogP contribution in [0.3, 0.4) is 0 Å². The third-order valence-electron chi connectivity index (χ3n) is 7.14. The van der Waals surface area contributed by atoms with Crippen molar-refractivity contribution in [3.8, 4) is 0 Å². The van der Waals surface area contributed by atoms with Crippen LogP contribution in [-0.4, -0.2) is 64.6 Å². The van der Waals surface area contributed by atoms with E-state index in [1.165, 1.54) is 0 Å². The van der Waals surface area contributed by atoms with Gasteiger partial charge in [0.2, 0.25) is 11.8 Å². The predicted molar refractivity (Wildman–Crippen MR) is 134 cm³/mol. The molecule has 0 atom stereocenters. The Kier molecular flexibility index (Phi) is 6.42. The lowest BCUT2D eigenvalue weighted by Crippen LogP contribution is -2.40. The summed E-state index contributed by atoms with van der Waals surface area (Å²) in [6.45, 7) is 4.57.